The van der Waals surface area contributed by atoms with Crippen LogP contribution in [0.15, 0.2) is 29.2 Å². The second-order valence-electron chi connectivity index (χ2n) is 4.28. The Labute approximate surface area is 89.3 Å². The van der Waals surface area contributed by atoms with E-state index in [1.54, 1.807) is 0 Å². The molecule has 0 amide bonds. The van der Waals surface area contributed by atoms with Crippen molar-refractivity contribution in [3.63, 3.8) is 0 Å². The van der Waals surface area contributed by atoms with Crippen LogP contribution in [0.2, 0.25) is 0 Å². The van der Waals surface area contributed by atoms with Crippen molar-refractivity contribution in [1.82, 2.24) is 5.32 Å². The van der Waals surface area contributed by atoms with E-state index in [-0.39, 0.29) is 0 Å². The van der Waals surface area contributed by atoms with Crippen molar-refractivity contribution < 1.29 is 0 Å². The van der Waals surface area contributed by atoms with E-state index >= 15 is 0 Å². The molecule has 14 heavy (non-hydrogen) atoms. The summed E-state index contributed by atoms with van der Waals surface area (Å²) in [6.07, 6.45) is 4.15. The lowest BCUT2D eigenvalue weighted by Gasteiger charge is -2.42. The molecular weight excluding hydrogens is 190 g/mol. The minimum Gasteiger partial charge on any atom is -0.312 e. The molecule has 0 bridgehead atoms. The molecule has 3 rings (SSSR count). The van der Waals surface area contributed by atoms with Gasteiger partial charge in [0.15, 0.2) is 0 Å². The highest BCUT2D eigenvalue weighted by Gasteiger charge is 2.50. The average molecular weight is 205 g/mol. The van der Waals surface area contributed by atoms with Crippen LogP contribution in [0.25, 0.3) is 0 Å². The van der Waals surface area contributed by atoms with Crippen molar-refractivity contribution in [2.45, 2.75) is 34.9 Å². The van der Waals surface area contributed by atoms with E-state index in [1.165, 1.54) is 29.7 Å². The maximum atomic E-state index is 3.49. The van der Waals surface area contributed by atoms with Crippen molar-refractivity contribution >= 4 is 11.8 Å². The molecule has 1 atom stereocenters. The lowest BCUT2D eigenvalue weighted by atomic mass is 9.76. The Morgan fingerprint density at radius 3 is 2.79 bits per heavy atom. The van der Waals surface area contributed by atoms with Gasteiger partial charge in [-0.1, -0.05) is 24.6 Å². The first-order chi connectivity index (χ1) is 6.86. The van der Waals surface area contributed by atoms with Crippen LogP contribution in [0.1, 0.15) is 30.9 Å². The van der Waals surface area contributed by atoms with Crippen molar-refractivity contribution in [2.75, 3.05) is 7.05 Å². The Kier molecular flexibility index (Phi) is 1.89. The van der Waals surface area contributed by atoms with Crippen molar-refractivity contribution in [3.8, 4) is 0 Å². The van der Waals surface area contributed by atoms with E-state index in [2.05, 4.69) is 48.4 Å². The van der Waals surface area contributed by atoms with Gasteiger partial charge in [-0.2, -0.15) is 0 Å². The Morgan fingerprint density at radius 1 is 1.36 bits per heavy atom. The van der Waals surface area contributed by atoms with Gasteiger partial charge < -0.3 is 5.32 Å². The monoisotopic (exact) mass is 205 g/mol. The quantitative estimate of drug-likeness (QED) is 0.756. The SMILES string of the molecule is CNC1c2ccccc2SC12CCC2. The van der Waals surface area contributed by atoms with Gasteiger partial charge in [-0.05, 0) is 31.5 Å². The summed E-state index contributed by atoms with van der Waals surface area (Å²) in [5.41, 5.74) is 1.51. The molecule has 1 unspecified atom stereocenters. The zero-order valence-electron chi connectivity index (χ0n) is 8.42. The molecule has 1 aliphatic carbocycles. The van der Waals surface area contributed by atoms with Gasteiger partial charge in [0.05, 0.1) is 0 Å². The molecule has 1 spiro atoms. The van der Waals surface area contributed by atoms with E-state index in [9.17, 15) is 0 Å². The Bertz CT molecular complexity index is 357. The second kappa shape index (κ2) is 3.01. The molecule has 74 valence electrons. The number of hydrogen-bond donors (Lipinski definition) is 1. The summed E-state index contributed by atoms with van der Waals surface area (Å²) in [4.78, 5) is 1.49. The minimum absolute atomic E-state index is 0.498. The largest absolute Gasteiger partial charge is 0.312 e. The van der Waals surface area contributed by atoms with E-state index in [0.717, 1.165) is 0 Å². The summed E-state index contributed by atoms with van der Waals surface area (Å²) in [7, 11) is 2.09. The van der Waals surface area contributed by atoms with Crippen molar-refractivity contribution in [3.05, 3.63) is 29.8 Å². The van der Waals surface area contributed by atoms with Crippen LogP contribution < -0.4 is 5.32 Å². The molecule has 1 N–H and O–H groups in total. The zero-order valence-corrected chi connectivity index (χ0v) is 9.23. The molecule has 1 fully saturated rings. The number of rotatable bonds is 1. The first kappa shape index (κ1) is 8.81. The molecule has 2 heteroatoms. The van der Waals surface area contributed by atoms with Gasteiger partial charge in [0.1, 0.15) is 0 Å². The maximum absolute atomic E-state index is 3.49. The van der Waals surface area contributed by atoms with E-state index < -0.39 is 0 Å². The summed E-state index contributed by atoms with van der Waals surface area (Å²) < 4.78 is 0.498. The summed E-state index contributed by atoms with van der Waals surface area (Å²) in [5, 5.41) is 3.49. The summed E-state index contributed by atoms with van der Waals surface area (Å²) in [6, 6.07) is 9.42. The standard InChI is InChI=1S/C12H15NS/c1-13-11-9-5-2-3-6-10(9)14-12(11)7-4-8-12/h2-3,5-6,11,13H,4,7-8H2,1H3. The maximum Gasteiger partial charge on any atom is 0.0481 e. The van der Waals surface area contributed by atoms with E-state index in [4.69, 9.17) is 0 Å². The Hall–Kier alpha value is -0.470. The molecule has 1 saturated carbocycles. The van der Waals surface area contributed by atoms with Crippen LogP contribution in [0.3, 0.4) is 0 Å². The second-order valence-corrected chi connectivity index (χ2v) is 5.74. The van der Waals surface area contributed by atoms with Crippen LogP contribution in [0.4, 0.5) is 0 Å². The Balaban J connectivity index is 2.05. The smallest absolute Gasteiger partial charge is 0.0481 e. The van der Waals surface area contributed by atoms with E-state index in [1.807, 2.05) is 0 Å². The fourth-order valence-corrected chi connectivity index (χ4v) is 4.45. The van der Waals surface area contributed by atoms with Gasteiger partial charge in [0.25, 0.3) is 0 Å². The van der Waals surface area contributed by atoms with Crippen LogP contribution in [-0.4, -0.2) is 11.8 Å². The normalized spacial score (nSPS) is 27.4. The highest BCUT2D eigenvalue weighted by Crippen LogP contribution is 2.60. The first-order valence-electron chi connectivity index (χ1n) is 5.31. The number of thioether (sulfide) groups is 1. The van der Waals surface area contributed by atoms with Gasteiger partial charge >= 0.3 is 0 Å². The number of fused-ring (bicyclic) bond motifs is 1. The van der Waals surface area contributed by atoms with Crippen LogP contribution in [0, 0.1) is 0 Å². The highest BCUT2D eigenvalue weighted by atomic mass is 32.2. The van der Waals surface area contributed by atoms with Crippen LogP contribution in [-0.2, 0) is 0 Å². The predicted octanol–water partition coefficient (Wildman–Crippen LogP) is 2.98. The molecule has 1 aliphatic heterocycles. The molecule has 1 heterocycles. The molecular formula is C12H15NS. The van der Waals surface area contributed by atoms with Gasteiger partial charge in [0.2, 0.25) is 0 Å². The summed E-state index contributed by atoms with van der Waals surface area (Å²) >= 11 is 2.10. The molecule has 0 saturated heterocycles. The first-order valence-corrected chi connectivity index (χ1v) is 6.13. The predicted molar refractivity (Wildman–Crippen MR) is 60.7 cm³/mol. The van der Waals surface area contributed by atoms with E-state index in [0.29, 0.717) is 10.8 Å². The molecule has 1 nitrogen and oxygen atoms in total. The fraction of sp³-hybridized carbons (Fsp3) is 0.500. The topological polar surface area (TPSA) is 12.0 Å². The number of benzene rings is 1. The molecule has 2 aliphatic rings. The van der Waals surface area contributed by atoms with Crippen LogP contribution >= 0.6 is 11.8 Å². The van der Waals surface area contributed by atoms with Crippen molar-refractivity contribution in [1.29, 1.82) is 0 Å². The lowest BCUT2D eigenvalue weighted by molar-refractivity contribution is 0.289. The highest BCUT2D eigenvalue weighted by molar-refractivity contribution is 8.01. The summed E-state index contributed by atoms with van der Waals surface area (Å²) in [6.45, 7) is 0. The summed E-state index contributed by atoms with van der Waals surface area (Å²) in [5.74, 6) is 0. The third-order valence-corrected chi connectivity index (χ3v) is 5.20. The molecule has 1 aromatic carbocycles. The molecule has 1 aromatic rings. The third kappa shape index (κ3) is 1.01. The molecule has 0 aromatic heterocycles. The Morgan fingerprint density at radius 2 is 2.14 bits per heavy atom. The van der Waals surface area contributed by atoms with Crippen LogP contribution in [0.5, 0.6) is 0 Å². The number of hydrogen-bond acceptors (Lipinski definition) is 2. The van der Waals surface area contributed by atoms with Crippen molar-refractivity contribution in [2.24, 2.45) is 0 Å². The lowest BCUT2D eigenvalue weighted by Crippen LogP contribution is -2.42. The van der Waals surface area contributed by atoms with Gasteiger partial charge in [0, 0.05) is 15.7 Å². The zero-order chi connectivity index (χ0) is 9.60. The fourth-order valence-electron chi connectivity index (χ4n) is 2.71. The average Bonchev–Trinajstić information content (AvgIpc) is 2.51. The van der Waals surface area contributed by atoms with Gasteiger partial charge in [-0.3, -0.25) is 0 Å². The third-order valence-electron chi connectivity index (χ3n) is 3.56. The number of nitrogens with one attached hydrogen (secondary N) is 1. The van der Waals surface area contributed by atoms with Gasteiger partial charge in [-0.15, -0.1) is 11.8 Å². The molecule has 0 radical (unpaired) electrons. The minimum atomic E-state index is 0.498. The van der Waals surface area contributed by atoms with Gasteiger partial charge in [-0.25, -0.2) is 0 Å².